The average molecular weight is 263 g/mol. The molecule has 1 aromatic rings. The Balaban J connectivity index is 2.04. The molecule has 1 atom stereocenters. The van der Waals surface area contributed by atoms with Crippen molar-refractivity contribution in [3.63, 3.8) is 0 Å². The molecule has 19 heavy (non-hydrogen) atoms. The van der Waals surface area contributed by atoms with Crippen molar-refractivity contribution in [1.29, 1.82) is 0 Å². The second kappa shape index (κ2) is 5.73. The van der Waals surface area contributed by atoms with Gasteiger partial charge in [0.25, 0.3) is 5.91 Å². The van der Waals surface area contributed by atoms with Gasteiger partial charge in [-0.25, -0.2) is 0 Å². The van der Waals surface area contributed by atoms with Crippen LogP contribution in [0.15, 0.2) is 24.3 Å². The maximum atomic E-state index is 12.0. The number of aliphatic carboxylic acids is 1. The summed E-state index contributed by atoms with van der Waals surface area (Å²) in [7, 11) is 0. The normalized spacial score (nSPS) is 15.6. The van der Waals surface area contributed by atoms with Crippen LogP contribution in [0.2, 0.25) is 0 Å². The fourth-order valence-electron chi connectivity index (χ4n) is 1.61. The van der Waals surface area contributed by atoms with Crippen LogP contribution in [0.5, 0.6) is 5.75 Å². The molecule has 0 aromatic heterocycles. The third-order valence-corrected chi connectivity index (χ3v) is 3.02. The molecule has 0 spiro atoms. The Bertz CT molecular complexity index is 482. The van der Waals surface area contributed by atoms with Crippen LogP contribution in [-0.2, 0) is 4.79 Å². The summed E-state index contributed by atoms with van der Waals surface area (Å²) >= 11 is 0. The molecule has 102 valence electrons. The summed E-state index contributed by atoms with van der Waals surface area (Å²) in [5.74, 6) is -0.399. The summed E-state index contributed by atoms with van der Waals surface area (Å²) in [6.07, 6.45) is 2.34. The molecular weight excluding hydrogens is 246 g/mol. The maximum absolute atomic E-state index is 12.0. The van der Waals surface area contributed by atoms with E-state index in [1.807, 2.05) is 0 Å². The van der Waals surface area contributed by atoms with Crippen molar-refractivity contribution in [3.05, 3.63) is 29.8 Å². The highest BCUT2D eigenvalue weighted by atomic mass is 16.5. The van der Waals surface area contributed by atoms with Crippen LogP contribution in [-0.4, -0.2) is 29.6 Å². The summed E-state index contributed by atoms with van der Waals surface area (Å²) in [5, 5.41) is 11.2. The summed E-state index contributed by atoms with van der Waals surface area (Å²) in [4.78, 5) is 22.7. The molecule has 5 heteroatoms. The molecular formula is C14H17NO4. The van der Waals surface area contributed by atoms with Gasteiger partial charge in [-0.15, -0.1) is 0 Å². The summed E-state index contributed by atoms with van der Waals surface area (Å²) in [6, 6.07) is 5.95. The molecule has 1 amide bonds. The van der Waals surface area contributed by atoms with Gasteiger partial charge in [0.1, 0.15) is 11.8 Å². The molecule has 1 aliphatic rings. The molecule has 0 heterocycles. The van der Waals surface area contributed by atoms with Crippen LogP contribution < -0.4 is 10.1 Å². The number of rotatable bonds is 6. The van der Waals surface area contributed by atoms with Gasteiger partial charge < -0.3 is 15.2 Å². The molecule has 0 bridgehead atoms. The van der Waals surface area contributed by atoms with E-state index in [9.17, 15) is 9.59 Å². The smallest absolute Gasteiger partial charge is 0.325 e. The summed E-state index contributed by atoms with van der Waals surface area (Å²) in [5.41, 5.74) is 0.372. The van der Waals surface area contributed by atoms with Crippen LogP contribution in [0, 0.1) is 5.92 Å². The zero-order valence-electron chi connectivity index (χ0n) is 10.8. The second-order valence-corrected chi connectivity index (χ2v) is 4.78. The van der Waals surface area contributed by atoms with Gasteiger partial charge in [0, 0.05) is 0 Å². The van der Waals surface area contributed by atoms with Crippen LogP contribution >= 0.6 is 0 Å². The second-order valence-electron chi connectivity index (χ2n) is 4.78. The lowest BCUT2D eigenvalue weighted by Crippen LogP contribution is -2.38. The topological polar surface area (TPSA) is 75.6 Å². The molecule has 1 aliphatic carbocycles. The fourth-order valence-corrected chi connectivity index (χ4v) is 1.61. The lowest BCUT2D eigenvalue weighted by atomic mass is 10.1. The van der Waals surface area contributed by atoms with Gasteiger partial charge >= 0.3 is 5.97 Å². The van der Waals surface area contributed by atoms with Gasteiger partial charge in [-0.1, -0.05) is 12.1 Å². The molecule has 0 radical (unpaired) electrons. The van der Waals surface area contributed by atoms with Crippen LogP contribution in [0.4, 0.5) is 0 Å². The quantitative estimate of drug-likeness (QED) is 0.818. The highest BCUT2D eigenvalue weighted by molar-refractivity contribution is 5.98. The van der Waals surface area contributed by atoms with Gasteiger partial charge in [-0.05, 0) is 37.8 Å². The van der Waals surface area contributed by atoms with Gasteiger partial charge in [0.05, 0.1) is 12.2 Å². The number of benzene rings is 1. The molecule has 1 unspecified atom stereocenters. The number of carboxylic acids is 1. The number of carboxylic acid groups (broad SMARTS) is 1. The first-order valence-electron chi connectivity index (χ1n) is 6.33. The van der Waals surface area contributed by atoms with Gasteiger partial charge in [0.2, 0.25) is 0 Å². The number of carbonyl (C=O) groups is 2. The van der Waals surface area contributed by atoms with E-state index < -0.39 is 17.9 Å². The highest BCUT2D eigenvalue weighted by Crippen LogP contribution is 2.30. The van der Waals surface area contributed by atoms with Crippen molar-refractivity contribution < 1.29 is 19.4 Å². The Kier molecular flexibility index (Phi) is 4.04. The predicted octanol–water partition coefficient (Wildman–Crippen LogP) is 1.68. The first-order chi connectivity index (χ1) is 9.08. The number of hydrogen-bond donors (Lipinski definition) is 2. The molecule has 0 aliphatic heterocycles. The summed E-state index contributed by atoms with van der Waals surface area (Å²) in [6.45, 7) is 2.03. The van der Waals surface area contributed by atoms with E-state index in [0.29, 0.717) is 23.8 Å². The van der Waals surface area contributed by atoms with Crippen molar-refractivity contribution in [2.75, 3.05) is 6.61 Å². The van der Waals surface area contributed by atoms with E-state index >= 15 is 0 Å². The van der Waals surface area contributed by atoms with E-state index in [2.05, 4.69) is 5.32 Å². The Morgan fingerprint density at radius 1 is 1.42 bits per heavy atom. The van der Waals surface area contributed by atoms with Crippen LogP contribution in [0.25, 0.3) is 0 Å². The predicted molar refractivity (Wildman–Crippen MR) is 69.2 cm³/mol. The Morgan fingerprint density at radius 3 is 2.74 bits per heavy atom. The number of ether oxygens (including phenoxy) is 1. The number of nitrogens with one attached hydrogen (secondary N) is 1. The molecule has 1 aromatic carbocycles. The van der Waals surface area contributed by atoms with E-state index in [1.54, 1.807) is 24.3 Å². The first kappa shape index (κ1) is 13.4. The van der Waals surface area contributed by atoms with Crippen molar-refractivity contribution in [1.82, 2.24) is 5.32 Å². The number of amides is 1. The molecule has 1 fully saturated rings. The zero-order chi connectivity index (χ0) is 13.8. The maximum Gasteiger partial charge on any atom is 0.325 e. The number of carbonyl (C=O) groups excluding carboxylic acids is 1. The molecule has 5 nitrogen and oxygen atoms in total. The molecule has 0 saturated heterocycles. The number of para-hydroxylation sites is 1. The highest BCUT2D eigenvalue weighted by Gasteiger charge is 2.23. The van der Waals surface area contributed by atoms with Crippen molar-refractivity contribution >= 4 is 11.9 Å². The van der Waals surface area contributed by atoms with E-state index in [1.165, 1.54) is 19.8 Å². The summed E-state index contributed by atoms with van der Waals surface area (Å²) < 4.78 is 5.62. The fraction of sp³-hybridized carbons (Fsp3) is 0.429. The van der Waals surface area contributed by atoms with Crippen molar-refractivity contribution in [3.8, 4) is 5.75 Å². The Labute approximate surface area is 111 Å². The van der Waals surface area contributed by atoms with Gasteiger partial charge in [-0.2, -0.15) is 0 Å². The molecule has 2 rings (SSSR count). The minimum absolute atomic E-state index is 0.372. The standard InChI is InChI=1S/C14H17NO4/c1-9(14(17)18)15-13(16)11-4-2-3-5-12(11)19-8-10-6-7-10/h2-5,9-10H,6-8H2,1H3,(H,15,16)(H,17,18). The lowest BCUT2D eigenvalue weighted by molar-refractivity contribution is -0.138. The monoisotopic (exact) mass is 263 g/mol. The first-order valence-corrected chi connectivity index (χ1v) is 6.33. The zero-order valence-corrected chi connectivity index (χ0v) is 10.8. The van der Waals surface area contributed by atoms with Crippen molar-refractivity contribution in [2.24, 2.45) is 5.92 Å². The van der Waals surface area contributed by atoms with E-state index in [0.717, 1.165) is 0 Å². The Morgan fingerprint density at radius 2 is 2.11 bits per heavy atom. The number of hydrogen-bond acceptors (Lipinski definition) is 3. The van der Waals surface area contributed by atoms with Gasteiger partial charge in [0.15, 0.2) is 0 Å². The SMILES string of the molecule is CC(NC(=O)c1ccccc1OCC1CC1)C(=O)O. The van der Waals surface area contributed by atoms with Crippen LogP contribution in [0.3, 0.4) is 0 Å². The molecule has 2 N–H and O–H groups in total. The average Bonchev–Trinajstić information content (AvgIpc) is 3.20. The largest absolute Gasteiger partial charge is 0.492 e. The minimum Gasteiger partial charge on any atom is -0.492 e. The Hall–Kier alpha value is -2.04. The van der Waals surface area contributed by atoms with Crippen molar-refractivity contribution in [2.45, 2.75) is 25.8 Å². The van der Waals surface area contributed by atoms with E-state index in [-0.39, 0.29) is 0 Å². The van der Waals surface area contributed by atoms with E-state index in [4.69, 9.17) is 9.84 Å². The van der Waals surface area contributed by atoms with Gasteiger partial charge in [-0.3, -0.25) is 9.59 Å². The molecule has 1 saturated carbocycles. The lowest BCUT2D eigenvalue weighted by Gasteiger charge is -2.13. The minimum atomic E-state index is -1.07. The van der Waals surface area contributed by atoms with Crippen LogP contribution in [0.1, 0.15) is 30.1 Å². The third kappa shape index (κ3) is 3.71. The third-order valence-electron chi connectivity index (χ3n) is 3.02.